The van der Waals surface area contributed by atoms with Crippen molar-refractivity contribution in [2.75, 3.05) is 26.1 Å². The van der Waals surface area contributed by atoms with E-state index in [0.29, 0.717) is 35.2 Å². The highest BCUT2D eigenvalue weighted by Crippen LogP contribution is 2.35. The van der Waals surface area contributed by atoms with E-state index in [9.17, 15) is 4.79 Å². The Bertz CT molecular complexity index is 438. The van der Waals surface area contributed by atoms with Crippen LogP contribution in [0.5, 0.6) is 11.5 Å². The van der Waals surface area contributed by atoms with Gasteiger partial charge >= 0.3 is 0 Å². The molecule has 0 heterocycles. The van der Waals surface area contributed by atoms with E-state index in [1.807, 2.05) is 0 Å². The topological polar surface area (TPSA) is 73.6 Å². The number of unbranched alkanes of at least 4 members (excludes halogenated alkanes) is 1. The van der Waals surface area contributed by atoms with Crippen LogP contribution in [-0.4, -0.2) is 26.7 Å². The van der Waals surface area contributed by atoms with Crippen LogP contribution in [0.1, 0.15) is 19.3 Å². The Hall–Kier alpha value is -1.46. The molecule has 0 bridgehead atoms. The molecule has 0 saturated carbocycles. The summed E-state index contributed by atoms with van der Waals surface area (Å²) in [5.41, 5.74) is 5.92. The van der Waals surface area contributed by atoms with Crippen molar-refractivity contribution in [2.24, 2.45) is 5.73 Å². The normalized spacial score (nSPS) is 10.1. The minimum absolute atomic E-state index is 0.0898. The molecule has 1 aromatic rings. The van der Waals surface area contributed by atoms with Gasteiger partial charge in [-0.25, -0.2) is 0 Å². The van der Waals surface area contributed by atoms with Crippen molar-refractivity contribution >= 4 is 23.2 Å². The molecule has 0 radical (unpaired) electrons. The number of ether oxygens (including phenoxy) is 2. The average molecular weight is 287 g/mol. The van der Waals surface area contributed by atoms with Crippen molar-refractivity contribution in [3.63, 3.8) is 0 Å². The van der Waals surface area contributed by atoms with E-state index >= 15 is 0 Å². The molecule has 5 nitrogen and oxygen atoms in total. The summed E-state index contributed by atoms with van der Waals surface area (Å²) in [5.74, 6) is 0.918. The molecule has 0 saturated heterocycles. The summed E-state index contributed by atoms with van der Waals surface area (Å²) in [7, 11) is 3.04. The third-order valence-electron chi connectivity index (χ3n) is 2.61. The molecular weight excluding hydrogens is 268 g/mol. The van der Waals surface area contributed by atoms with Crippen molar-refractivity contribution in [1.82, 2.24) is 0 Å². The number of anilines is 1. The van der Waals surface area contributed by atoms with Crippen molar-refractivity contribution < 1.29 is 14.3 Å². The first-order valence-corrected chi connectivity index (χ1v) is 6.41. The van der Waals surface area contributed by atoms with Gasteiger partial charge in [0.05, 0.1) is 24.9 Å². The number of carbonyl (C=O) groups is 1. The van der Waals surface area contributed by atoms with Crippen molar-refractivity contribution in [1.29, 1.82) is 0 Å². The van der Waals surface area contributed by atoms with Gasteiger partial charge in [0.25, 0.3) is 0 Å². The third-order valence-corrected chi connectivity index (χ3v) is 2.90. The summed E-state index contributed by atoms with van der Waals surface area (Å²) in [6.45, 7) is 0.588. The summed E-state index contributed by atoms with van der Waals surface area (Å²) in [5, 5.41) is 3.18. The highest BCUT2D eigenvalue weighted by molar-refractivity contribution is 6.32. The Labute approximate surface area is 118 Å². The molecule has 0 fully saturated rings. The predicted molar refractivity (Wildman–Crippen MR) is 76.1 cm³/mol. The molecule has 6 heteroatoms. The van der Waals surface area contributed by atoms with Crippen LogP contribution >= 0.6 is 11.6 Å². The molecule has 19 heavy (non-hydrogen) atoms. The number of hydrogen-bond acceptors (Lipinski definition) is 4. The van der Waals surface area contributed by atoms with Gasteiger partial charge in [-0.1, -0.05) is 11.6 Å². The van der Waals surface area contributed by atoms with Crippen LogP contribution in [0.3, 0.4) is 0 Å². The van der Waals surface area contributed by atoms with E-state index < -0.39 is 0 Å². The number of rotatable bonds is 7. The molecule has 0 unspecified atom stereocenters. The van der Waals surface area contributed by atoms with Gasteiger partial charge in [0.2, 0.25) is 5.91 Å². The lowest BCUT2D eigenvalue weighted by Gasteiger charge is -2.13. The van der Waals surface area contributed by atoms with Crippen molar-refractivity contribution in [3.8, 4) is 11.5 Å². The van der Waals surface area contributed by atoms with Gasteiger partial charge in [0.1, 0.15) is 11.5 Å². The number of benzene rings is 1. The molecule has 0 aliphatic carbocycles. The molecule has 1 amide bonds. The summed E-state index contributed by atoms with van der Waals surface area (Å²) in [4.78, 5) is 11.7. The summed E-state index contributed by atoms with van der Waals surface area (Å²) >= 11 is 6.02. The molecule has 0 spiro atoms. The fourth-order valence-electron chi connectivity index (χ4n) is 1.60. The van der Waals surface area contributed by atoms with Crippen LogP contribution < -0.4 is 20.5 Å². The Morgan fingerprint density at radius 3 is 2.53 bits per heavy atom. The first-order valence-electron chi connectivity index (χ1n) is 6.03. The molecule has 1 aromatic carbocycles. The highest BCUT2D eigenvalue weighted by Gasteiger charge is 2.12. The van der Waals surface area contributed by atoms with Crippen molar-refractivity contribution in [3.05, 3.63) is 17.2 Å². The van der Waals surface area contributed by atoms with Gasteiger partial charge in [0.15, 0.2) is 0 Å². The fourth-order valence-corrected chi connectivity index (χ4v) is 1.84. The van der Waals surface area contributed by atoms with Crippen LogP contribution in [0.2, 0.25) is 5.02 Å². The SMILES string of the molecule is COc1cc(OC)c(NC(=O)CCCCN)cc1Cl. The van der Waals surface area contributed by atoms with Crippen LogP contribution in [0.25, 0.3) is 0 Å². The van der Waals surface area contributed by atoms with E-state index in [1.165, 1.54) is 14.2 Å². The number of methoxy groups -OCH3 is 2. The molecule has 1 rings (SSSR count). The van der Waals surface area contributed by atoms with Crippen LogP contribution in [0.4, 0.5) is 5.69 Å². The molecule has 0 atom stereocenters. The molecule has 0 aliphatic heterocycles. The number of hydrogen-bond donors (Lipinski definition) is 2. The maximum atomic E-state index is 11.7. The lowest BCUT2D eigenvalue weighted by atomic mass is 10.2. The Balaban J connectivity index is 2.76. The van der Waals surface area contributed by atoms with Crippen LogP contribution in [0.15, 0.2) is 12.1 Å². The lowest BCUT2D eigenvalue weighted by molar-refractivity contribution is -0.116. The van der Waals surface area contributed by atoms with Gasteiger partial charge in [0, 0.05) is 12.5 Å². The van der Waals surface area contributed by atoms with Gasteiger partial charge in [-0.15, -0.1) is 0 Å². The highest BCUT2D eigenvalue weighted by atomic mass is 35.5. The number of nitrogens with two attached hydrogens (primary N) is 1. The predicted octanol–water partition coefficient (Wildman–Crippen LogP) is 2.42. The fraction of sp³-hybridized carbons (Fsp3) is 0.462. The van der Waals surface area contributed by atoms with Crippen LogP contribution in [0, 0.1) is 0 Å². The first-order chi connectivity index (χ1) is 9.12. The summed E-state index contributed by atoms with van der Waals surface area (Å²) in [6, 6.07) is 3.25. The van der Waals surface area contributed by atoms with Gasteiger partial charge in [-0.3, -0.25) is 4.79 Å². The first kappa shape index (κ1) is 15.6. The zero-order valence-corrected chi connectivity index (χ0v) is 11.9. The van der Waals surface area contributed by atoms with E-state index in [2.05, 4.69) is 5.32 Å². The van der Waals surface area contributed by atoms with Gasteiger partial charge in [-0.05, 0) is 25.5 Å². The summed E-state index contributed by atoms with van der Waals surface area (Å²) < 4.78 is 10.3. The van der Waals surface area contributed by atoms with E-state index in [0.717, 1.165) is 12.8 Å². The Morgan fingerprint density at radius 1 is 1.26 bits per heavy atom. The van der Waals surface area contributed by atoms with Crippen LogP contribution in [-0.2, 0) is 4.79 Å². The second kappa shape index (κ2) is 7.86. The van der Waals surface area contributed by atoms with Gasteiger partial charge < -0.3 is 20.5 Å². The molecule has 0 aromatic heterocycles. The number of amides is 1. The maximum Gasteiger partial charge on any atom is 0.224 e. The Kier molecular flexibility index (Phi) is 6.45. The van der Waals surface area contributed by atoms with E-state index in [4.69, 9.17) is 26.8 Å². The standard InChI is InChI=1S/C13H19ClN2O3/c1-18-11-8-12(19-2)10(7-9(11)14)16-13(17)5-3-4-6-15/h7-8H,3-6,15H2,1-2H3,(H,16,17). The molecule has 3 N–H and O–H groups in total. The minimum atomic E-state index is -0.0898. The third kappa shape index (κ3) is 4.61. The number of carbonyl (C=O) groups excluding carboxylic acids is 1. The number of halogens is 1. The summed E-state index contributed by atoms with van der Waals surface area (Å²) in [6.07, 6.45) is 2.01. The zero-order valence-electron chi connectivity index (χ0n) is 11.2. The van der Waals surface area contributed by atoms with Crippen molar-refractivity contribution in [2.45, 2.75) is 19.3 Å². The van der Waals surface area contributed by atoms with E-state index in [1.54, 1.807) is 12.1 Å². The molecular formula is C13H19ClN2O3. The second-order valence-corrected chi connectivity index (χ2v) is 4.39. The second-order valence-electron chi connectivity index (χ2n) is 3.98. The lowest BCUT2D eigenvalue weighted by Crippen LogP contribution is -2.13. The Morgan fingerprint density at radius 2 is 1.95 bits per heavy atom. The maximum absolute atomic E-state index is 11.7. The molecule has 106 valence electrons. The molecule has 0 aliphatic rings. The smallest absolute Gasteiger partial charge is 0.224 e. The average Bonchev–Trinajstić information content (AvgIpc) is 2.39. The zero-order chi connectivity index (χ0) is 14.3. The van der Waals surface area contributed by atoms with E-state index in [-0.39, 0.29) is 5.91 Å². The quantitative estimate of drug-likeness (QED) is 0.755. The van der Waals surface area contributed by atoms with Gasteiger partial charge in [-0.2, -0.15) is 0 Å². The monoisotopic (exact) mass is 286 g/mol. The minimum Gasteiger partial charge on any atom is -0.495 e. The largest absolute Gasteiger partial charge is 0.495 e. The number of nitrogens with one attached hydrogen (secondary N) is 1.